The molecule has 0 saturated carbocycles. The Labute approximate surface area is 161 Å². The third-order valence-corrected chi connectivity index (χ3v) is 4.92. The molecule has 0 saturated heterocycles. The van der Waals surface area contributed by atoms with Crippen LogP contribution in [0.2, 0.25) is 0 Å². The molecule has 0 aliphatic carbocycles. The number of aryl methyl sites for hydroxylation is 3. The maximum absolute atomic E-state index is 12.9. The first-order valence-electron chi connectivity index (χ1n) is 8.97. The Balaban J connectivity index is 1.80. The molecule has 0 atom stereocenters. The van der Waals surface area contributed by atoms with Crippen LogP contribution in [0, 0.1) is 20.8 Å². The molecule has 4 rings (SSSR count). The first-order valence-corrected chi connectivity index (χ1v) is 8.97. The number of phenols is 1. The SMILES string of the molecule is Cc1ccc(-n2[nH]c(C)c(N=Nc3c(O)ccc4ccccc34)c2=O)cc1C. The fourth-order valence-electron chi connectivity index (χ4n) is 3.15. The molecule has 0 aliphatic rings. The zero-order chi connectivity index (χ0) is 19.8. The monoisotopic (exact) mass is 372 g/mol. The molecule has 2 N–H and O–H groups in total. The summed E-state index contributed by atoms with van der Waals surface area (Å²) >= 11 is 0. The highest BCUT2D eigenvalue weighted by atomic mass is 16.3. The number of aromatic nitrogens is 2. The second-order valence-electron chi connectivity index (χ2n) is 6.85. The van der Waals surface area contributed by atoms with E-state index in [0.29, 0.717) is 11.4 Å². The van der Waals surface area contributed by atoms with Crippen LogP contribution in [0.3, 0.4) is 0 Å². The van der Waals surface area contributed by atoms with E-state index in [9.17, 15) is 9.90 Å². The van der Waals surface area contributed by atoms with Crippen molar-refractivity contribution in [3.05, 3.63) is 81.8 Å². The van der Waals surface area contributed by atoms with Crippen LogP contribution in [0.1, 0.15) is 16.8 Å². The quantitative estimate of drug-likeness (QED) is 0.474. The van der Waals surface area contributed by atoms with E-state index in [4.69, 9.17) is 0 Å². The number of nitrogens with zero attached hydrogens (tertiary/aromatic N) is 3. The topological polar surface area (TPSA) is 82.7 Å². The highest BCUT2D eigenvalue weighted by molar-refractivity contribution is 5.95. The Kier molecular flexibility index (Phi) is 4.31. The van der Waals surface area contributed by atoms with Crippen molar-refractivity contribution in [2.75, 3.05) is 0 Å². The fraction of sp³-hybridized carbons (Fsp3) is 0.136. The highest BCUT2D eigenvalue weighted by Crippen LogP contribution is 2.35. The number of rotatable bonds is 3. The van der Waals surface area contributed by atoms with Crippen molar-refractivity contribution in [1.29, 1.82) is 0 Å². The van der Waals surface area contributed by atoms with Crippen LogP contribution in [0.15, 0.2) is 69.6 Å². The predicted octanol–water partition coefficient (Wildman–Crippen LogP) is 5.37. The van der Waals surface area contributed by atoms with Gasteiger partial charge in [-0.3, -0.25) is 9.89 Å². The number of azo groups is 1. The smallest absolute Gasteiger partial charge is 0.299 e. The summed E-state index contributed by atoms with van der Waals surface area (Å²) < 4.78 is 1.46. The molecule has 28 heavy (non-hydrogen) atoms. The van der Waals surface area contributed by atoms with E-state index in [1.807, 2.05) is 62.4 Å². The zero-order valence-corrected chi connectivity index (χ0v) is 15.9. The summed E-state index contributed by atoms with van der Waals surface area (Å²) in [5, 5.41) is 23.4. The van der Waals surface area contributed by atoms with E-state index >= 15 is 0 Å². The van der Waals surface area contributed by atoms with Gasteiger partial charge in [0.05, 0.1) is 11.4 Å². The first-order chi connectivity index (χ1) is 13.5. The second-order valence-corrected chi connectivity index (χ2v) is 6.85. The summed E-state index contributed by atoms with van der Waals surface area (Å²) in [5.41, 5.74) is 3.87. The van der Waals surface area contributed by atoms with Gasteiger partial charge in [0, 0.05) is 5.39 Å². The molecule has 3 aromatic carbocycles. The molecule has 1 heterocycles. The number of hydrogen-bond acceptors (Lipinski definition) is 4. The zero-order valence-electron chi connectivity index (χ0n) is 15.9. The van der Waals surface area contributed by atoms with Crippen LogP contribution in [0.25, 0.3) is 16.5 Å². The Bertz CT molecular complexity index is 1280. The van der Waals surface area contributed by atoms with Crippen LogP contribution in [0.4, 0.5) is 11.4 Å². The molecule has 0 fully saturated rings. The van der Waals surface area contributed by atoms with Gasteiger partial charge in [-0.05, 0) is 55.5 Å². The van der Waals surface area contributed by atoms with Gasteiger partial charge >= 0.3 is 0 Å². The van der Waals surface area contributed by atoms with Gasteiger partial charge in [0.2, 0.25) is 0 Å². The van der Waals surface area contributed by atoms with E-state index in [0.717, 1.165) is 27.6 Å². The van der Waals surface area contributed by atoms with E-state index in [2.05, 4.69) is 15.3 Å². The van der Waals surface area contributed by atoms with Crippen LogP contribution < -0.4 is 5.56 Å². The van der Waals surface area contributed by atoms with E-state index < -0.39 is 0 Å². The minimum atomic E-state index is -0.288. The minimum absolute atomic E-state index is 0.0186. The fourth-order valence-corrected chi connectivity index (χ4v) is 3.15. The summed E-state index contributed by atoms with van der Waals surface area (Å²) in [4.78, 5) is 12.9. The Morgan fingerprint density at radius 3 is 2.43 bits per heavy atom. The van der Waals surface area contributed by atoms with Gasteiger partial charge in [-0.1, -0.05) is 36.4 Å². The summed E-state index contributed by atoms with van der Waals surface area (Å²) in [6.45, 7) is 5.80. The molecular weight excluding hydrogens is 352 g/mol. The van der Waals surface area contributed by atoms with E-state index in [-0.39, 0.29) is 17.0 Å². The standard InChI is InChI=1S/C22H20N4O2/c1-13-8-10-17(12-14(13)2)26-22(28)20(15(3)25-26)23-24-21-18-7-5-4-6-16(18)9-11-19(21)27/h4-12,25,27H,1-3H3. The van der Waals surface area contributed by atoms with E-state index in [1.165, 1.54) is 4.68 Å². The lowest BCUT2D eigenvalue weighted by Gasteiger charge is -2.05. The van der Waals surface area contributed by atoms with Gasteiger partial charge < -0.3 is 5.11 Å². The third-order valence-electron chi connectivity index (χ3n) is 4.92. The largest absolute Gasteiger partial charge is 0.506 e. The molecule has 6 heteroatoms. The molecule has 0 aliphatic heterocycles. The van der Waals surface area contributed by atoms with E-state index in [1.54, 1.807) is 13.0 Å². The number of H-pyrrole nitrogens is 1. The van der Waals surface area contributed by atoms with Crippen molar-refractivity contribution in [2.45, 2.75) is 20.8 Å². The number of phenolic OH excluding ortho intramolecular Hbond substituents is 1. The summed E-state index contributed by atoms with van der Waals surface area (Å²) in [5.74, 6) is 0.0186. The molecule has 1 aromatic heterocycles. The Hall–Kier alpha value is -3.67. The van der Waals surface area contributed by atoms with Crippen molar-refractivity contribution >= 4 is 22.1 Å². The second kappa shape index (κ2) is 6.81. The summed E-state index contributed by atoms with van der Waals surface area (Å²) in [7, 11) is 0. The van der Waals surface area contributed by atoms with Gasteiger partial charge in [-0.25, -0.2) is 4.68 Å². The number of fused-ring (bicyclic) bond motifs is 1. The van der Waals surface area contributed by atoms with Crippen molar-refractivity contribution in [2.24, 2.45) is 10.2 Å². The van der Waals surface area contributed by atoms with Gasteiger partial charge in [0.1, 0.15) is 11.4 Å². The van der Waals surface area contributed by atoms with Gasteiger partial charge in [0.15, 0.2) is 5.69 Å². The minimum Gasteiger partial charge on any atom is -0.506 e. The molecule has 4 aromatic rings. The number of aromatic hydroxyl groups is 1. The molecule has 0 radical (unpaired) electrons. The lowest BCUT2D eigenvalue weighted by atomic mass is 10.1. The number of aromatic amines is 1. The average Bonchev–Trinajstić information content (AvgIpc) is 2.97. The highest BCUT2D eigenvalue weighted by Gasteiger charge is 2.13. The summed E-state index contributed by atoms with van der Waals surface area (Å²) in [6, 6.07) is 16.8. The third kappa shape index (κ3) is 2.99. The van der Waals surface area contributed by atoms with Crippen LogP contribution >= 0.6 is 0 Å². The van der Waals surface area contributed by atoms with Gasteiger partial charge in [-0.15, -0.1) is 10.2 Å². The molecule has 6 nitrogen and oxygen atoms in total. The maximum Gasteiger partial charge on any atom is 0.299 e. The van der Waals surface area contributed by atoms with Gasteiger partial charge in [0.25, 0.3) is 5.56 Å². The van der Waals surface area contributed by atoms with Crippen LogP contribution in [-0.2, 0) is 0 Å². The molecule has 0 unspecified atom stereocenters. The van der Waals surface area contributed by atoms with Gasteiger partial charge in [-0.2, -0.15) is 0 Å². The molecular formula is C22H20N4O2. The maximum atomic E-state index is 12.9. The average molecular weight is 372 g/mol. The normalized spacial score (nSPS) is 11.5. The lowest BCUT2D eigenvalue weighted by Crippen LogP contribution is -2.14. The van der Waals surface area contributed by atoms with Crippen LogP contribution in [-0.4, -0.2) is 14.9 Å². The predicted molar refractivity (Wildman–Crippen MR) is 110 cm³/mol. The molecule has 140 valence electrons. The number of nitrogens with one attached hydrogen (secondary N) is 1. The molecule has 0 amide bonds. The van der Waals surface area contributed by atoms with Crippen LogP contribution in [0.5, 0.6) is 5.75 Å². The number of hydrogen-bond donors (Lipinski definition) is 2. The van der Waals surface area contributed by atoms with Crippen molar-refractivity contribution in [3.8, 4) is 11.4 Å². The number of benzene rings is 3. The Morgan fingerprint density at radius 2 is 1.64 bits per heavy atom. The first kappa shape index (κ1) is 17.7. The van der Waals surface area contributed by atoms with Crippen molar-refractivity contribution in [1.82, 2.24) is 9.78 Å². The Morgan fingerprint density at radius 1 is 0.893 bits per heavy atom. The lowest BCUT2D eigenvalue weighted by molar-refractivity contribution is 0.477. The van der Waals surface area contributed by atoms with Crippen molar-refractivity contribution in [3.63, 3.8) is 0 Å². The van der Waals surface area contributed by atoms with Crippen molar-refractivity contribution < 1.29 is 5.11 Å². The molecule has 0 bridgehead atoms. The molecule has 0 spiro atoms. The summed E-state index contributed by atoms with van der Waals surface area (Å²) in [6.07, 6.45) is 0.